The molecule has 0 aliphatic heterocycles. The minimum absolute atomic E-state index is 0.0395. The molecule has 22 heavy (non-hydrogen) atoms. The summed E-state index contributed by atoms with van der Waals surface area (Å²) >= 11 is 0. The third-order valence-corrected chi connectivity index (χ3v) is 3.66. The Hall–Kier alpha value is -1.91. The predicted molar refractivity (Wildman–Crippen MR) is 84.9 cm³/mol. The number of hydrogen-bond acceptors (Lipinski definition) is 2. The first-order valence-corrected chi connectivity index (χ1v) is 7.71. The maximum atomic E-state index is 12.8. The van der Waals surface area contributed by atoms with Gasteiger partial charge in [-0.3, -0.25) is 9.59 Å². The molecule has 1 atom stereocenters. The van der Waals surface area contributed by atoms with E-state index in [1.54, 1.807) is 17.0 Å². The summed E-state index contributed by atoms with van der Waals surface area (Å²) in [5.74, 6) is -0.366. The van der Waals surface area contributed by atoms with Gasteiger partial charge in [0.15, 0.2) is 0 Å². The lowest BCUT2D eigenvalue weighted by Crippen LogP contribution is -2.37. The van der Waals surface area contributed by atoms with Gasteiger partial charge in [-0.1, -0.05) is 19.1 Å². The van der Waals surface area contributed by atoms with Gasteiger partial charge in [-0.15, -0.1) is 0 Å². The highest BCUT2D eigenvalue weighted by atomic mass is 19.1. The minimum atomic E-state index is -0.270. The Morgan fingerprint density at radius 3 is 2.41 bits per heavy atom. The van der Waals surface area contributed by atoms with Crippen molar-refractivity contribution in [1.82, 2.24) is 10.2 Å². The summed E-state index contributed by atoms with van der Waals surface area (Å²) in [6, 6.07) is 6.39. The van der Waals surface area contributed by atoms with Crippen molar-refractivity contribution in [1.29, 1.82) is 0 Å². The van der Waals surface area contributed by atoms with E-state index in [2.05, 4.69) is 5.32 Å². The molecule has 0 saturated heterocycles. The second-order valence-electron chi connectivity index (χ2n) is 5.51. The molecule has 4 nitrogen and oxygen atoms in total. The molecule has 0 spiro atoms. The Balaban J connectivity index is 2.43. The molecule has 2 amide bonds. The molecule has 0 saturated carbocycles. The van der Waals surface area contributed by atoms with Crippen molar-refractivity contribution in [3.05, 3.63) is 35.6 Å². The van der Waals surface area contributed by atoms with Crippen LogP contribution in [0.4, 0.5) is 4.39 Å². The number of hydrogen-bond donors (Lipinski definition) is 1. The molecule has 0 aliphatic carbocycles. The lowest BCUT2D eigenvalue weighted by Gasteiger charge is -2.21. The number of amides is 2. The van der Waals surface area contributed by atoms with Crippen molar-refractivity contribution in [2.45, 2.75) is 46.1 Å². The quantitative estimate of drug-likeness (QED) is 0.802. The molecule has 5 heteroatoms. The predicted octanol–water partition coefficient (Wildman–Crippen LogP) is 2.52. The van der Waals surface area contributed by atoms with E-state index in [0.717, 1.165) is 12.0 Å². The van der Waals surface area contributed by atoms with Crippen LogP contribution in [0.1, 0.15) is 39.2 Å². The van der Waals surface area contributed by atoms with Crippen molar-refractivity contribution in [3.8, 4) is 0 Å². The Kier molecular flexibility index (Phi) is 7.57. The molecule has 122 valence electrons. The molecule has 0 heterocycles. The van der Waals surface area contributed by atoms with Crippen LogP contribution in [-0.2, 0) is 16.0 Å². The van der Waals surface area contributed by atoms with E-state index in [1.165, 1.54) is 19.1 Å². The number of rotatable bonds is 8. The van der Waals surface area contributed by atoms with Crippen LogP contribution in [0.2, 0.25) is 0 Å². The largest absolute Gasteiger partial charge is 0.354 e. The fraction of sp³-hybridized carbons (Fsp3) is 0.529. The van der Waals surface area contributed by atoms with Crippen LogP contribution in [0.5, 0.6) is 0 Å². The zero-order chi connectivity index (χ0) is 16.5. The zero-order valence-corrected chi connectivity index (χ0v) is 13.6. The van der Waals surface area contributed by atoms with Crippen molar-refractivity contribution in [2.24, 2.45) is 0 Å². The summed E-state index contributed by atoms with van der Waals surface area (Å²) in [5, 5.41) is 2.89. The van der Waals surface area contributed by atoms with Gasteiger partial charge in [0.25, 0.3) is 0 Å². The molecule has 0 aromatic heterocycles. The van der Waals surface area contributed by atoms with Gasteiger partial charge in [-0.2, -0.15) is 0 Å². The van der Waals surface area contributed by atoms with E-state index >= 15 is 0 Å². The first-order valence-electron chi connectivity index (χ1n) is 7.71. The van der Waals surface area contributed by atoms with E-state index in [-0.39, 0.29) is 23.7 Å². The molecule has 1 N–H and O–H groups in total. The van der Waals surface area contributed by atoms with E-state index < -0.39 is 0 Å². The van der Waals surface area contributed by atoms with Crippen LogP contribution in [0.15, 0.2) is 24.3 Å². The lowest BCUT2D eigenvalue weighted by atomic mass is 10.1. The van der Waals surface area contributed by atoms with Gasteiger partial charge < -0.3 is 10.2 Å². The van der Waals surface area contributed by atoms with E-state index in [9.17, 15) is 14.0 Å². The first kappa shape index (κ1) is 18.1. The molecular formula is C17H25FN2O2. The minimum Gasteiger partial charge on any atom is -0.354 e. The molecule has 0 bridgehead atoms. The van der Waals surface area contributed by atoms with E-state index in [4.69, 9.17) is 0 Å². The second-order valence-corrected chi connectivity index (χ2v) is 5.51. The standard InChI is InChI=1S/C17H25FN2O2/c1-4-13(2)19-17(22)10-12-20(14(3)21)11-9-15-5-7-16(18)8-6-15/h5-8,13H,4,9-12H2,1-3H3,(H,19,22). The second kappa shape index (κ2) is 9.18. The third kappa shape index (κ3) is 6.70. The number of benzene rings is 1. The average molecular weight is 308 g/mol. The van der Waals surface area contributed by atoms with Gasteiger partial charge in [0.2, 0.25) is 11.8 Å². The topological polar surface area (TPSA) is 49.4 Å². The number of nitrogens with zero attached hydrogens (tertiary/aromatic N) is 1. The number of halogens is 1. The molecule has 0 radical (unpaired) electrons. The summed E-state index contributed by atoms with van der Waals surface area (Å²) in [4.78, 5) is 25.1. The monoisotopic (exact) mass is 308 g/mol. The summed E-state index contributed by atoms with van der Waals surface area (Å²) in [7, 11) is 0. The smallest absolute Gasteiger partial charge is 0.221 e. The van der Waals surface area contributed by atoms with Gasteiger partial charge in [0.05, 0.1) is 0 Å². The van der Waals surface area contributed by atoms with Crippen LogP contribution >= 0.6 is 0 Å². The van der Waals surface area contributed by atoms with Crippen molar-refractivity contribution < 1.29 is 14.0 Å². The third-order valence-electron chi connectivity index (χ3n) is 3.66. The number of carbonyl (C=O) groups excluding carboxylic acids is 2. The van der Waals surface area contributed by atoms with Gasteiger partial charge in [0.1, 0.15) is 5.82 Å². The molecule has 1 aromatic carbocycles. The fourth-order valence-corrected chi connectivity index (χ4v) is 2.03. The van der Waals surface area contributed by atoms with Crippen molar-refractivity contribution >= 4 is 11.8 Å². The summed E-state index contributed by atoms with van der Waals surface area (Å²) in [6.45, 7) is 6.39. The average Bonchev–Trinajstić information content (AvgIpc) is 2.48. The highest BCUT2D eigenvalue weighted by Gasteiger charge is 2.12. The van der Waals surface area contributed by atoms with Crippen LogP contribution in [0.3, 0.4) is 0 Å². The van der Waals surface area contributed by atoms with Crippen LogP contribution < -0.4 is 5.32 Å². The summed E-state index contributed by atoms with van der Waals surface area (Å²) in [6.07, 6.45) is 1.83. The van der Waals surface area contributed by atoms with E-state index in [1.807, 2.05) is 13.8 Å². The maximum absolute atomic E-state index is 12.8. The Morgan fingerprint density at radius 2 is 1.86 bits per heavy atom. The van der Waals surface area contributed by atoms with Gasteiger partial charge in [0, 0.05) is 32.5 Å². The number of carbonyl (C=O) groups is 2. The molecular weight excluding hydrogens is 283 g/mol. The highest BCUT2D eigenvalue weighted by molar-refractivity contribution is 5.78. The van der Waals surface area contributed by atoms with Crippen LogP contribution in [-0.4, -0.2) is 35.8 Å². The Morgan fingerprint density at radius 1 is 1.23 bits per heavy atom. The Bertz CT molecular complexity index is 488. The molecule has 0 fully saturated rings. The Labute approximate surface area is 131 Å². The molecule has 1 aromatic rings. The number of nitrogens with one attached hydrogen (secondary N) is 1. The SMILES string of the molecule is CCC(C)NC(=O)CCN(CCc1ccc(F)cc1)C(C)=O. The summed E-state index contributed by atoms with van der Waals surface area (Å²) < 4.78 is 12.8. The van der Waals surface area contributed by atoms with Crippen LogP contribution in [0.25, 0.3) is 0 Å². The van der Waals surface area contributed by atoms with Crippen molar-refractivity contribution in [3.63, 3.8) is 0 Å². The zero-order valence-electron chi connectivity index (χ0n) is 13.6. The van der Waals surface area contributed by atoms with Crippen molar-refractivity contribution in [2.75, 3.05) is 13.1 Å². The highest BCUT2D eigenvalue weighted by Crippen LogP contribution is 2.05. The van der Waals surface area contributed by atoms with Crippen LogP contribution in [0, 0.1) is 5.82 Å². The maximum Gasteiger partial charge on any atom is 0.221 e. The van der Waals surface area contributed by atoms with Gasteiger partial charge in [-0.25, -0.2) is 4.39 Å². The van der Waals surface area contributed by atoms with Gasteiger partial charge in [-0.05, 0) is 37.5 Å². The van der Waals surface area contributed by atoms with E-state index in [0.29, 0.717) is 25.9 Å². The lowest BCUT2D eigenvalue weighted by molar-refractivity contribution is -0.129. The molecule has 0 aliphatic rings. The van der Waals surface area contributed by atoms with Gasteiger partial charge >= 0.3 is 0 Å². The first-order chi connectivity index (χ1) is 10.4. The summed E-state index contributed by atoms with van der Waals surface area (Å²) in [5.41, 5.74) is 0.969. The molecule has 1 unspecified atom stereocenters. The molecule has 1 rings (SSSR count). The normalized spacial score (nSPS) is 11.8. The fourth-order valence-electron chi connectivity index (χ4n) is 2.03.